The van der Waals surface area contributed by atoms with Crippen LogP contribution in [-0.2, 0) is 0 Å². The fourth-order valence-electron chi connectivity index (χ4n) is 2.92. The lowest BCUT2D eigenvalue weighted by Crippen LogP contribution is -3.00. The lowest BCUT2D eigenvalue weighted by molar-refractivity contribution is -0.642. The third-order valence-electron chi connectivity index (χ3n) is 4.31. The van der Waals surface area contributed by atoms with Crippen molar-refractivity contribution in [1.29, 1.82) is 0 Å². The van der Waals surface area contributed by atoms with Gasteiger partial charge < -0.3 is 27.2 Å². The summed E-state index contributed by atoms with van der Waals surface area (Å²) in [6.45, 7) is 0. The normalized spacial score (nSPS) is 10.2. The number of hydrogen-bond donors (Lipinski definition) is 1. The standard InChI is InChI=1S/C22H19BrN3O2S.ClH/c1-27-19-13-17(18(23)14-20(19)28-2)21-26(16-11-7-4-8-12-16)25-22(29-21)24-15-9-5-3-6-10-15;/h3-14H,1-2H3,(H,24,25);1H/q+1;/p-1. The molecule has 0 spiro atoms. The van der Waals surface area contributed by atoms with Gasteiger partial charge in [-0.2, -0.15) is 0 Å². The Morgan fingerprint density at radius 1 is 0.900 bits per heavy atom. The number of anilines is 2. The topological polar surface area (TPSA) is 47.3 Å². The highest BCUT2D eigenvalue weighted by Crippen LogP contribution is 2.40. The van der Waals surface area contributed by atoms with Gasteiger partial charge in [0.2, 0.25) is 5.69 Å². The van der Waals surface area contributed by atoms with Crippen LogP contribution in [0, 0.1) is 0 Å². The number of hydrogen-bond acceptors (Lipinski definition) is 5. The molecule has 0 atom stereocenters. The average molecular weight is 505 g/mol. The smallest absolute Gasteiger partial charge is 0.306 e. The highest BCUT2D eigenvalue weighted by Gasteiger charge is 2.27. The van der Waals surface area contributed by atoms with Crippen molar-refractivity contribution in [2.45, 2.75) is 0 Å². The van der Waals surface area contributed by atoms with E-state index in [1.54, 1.807) is 25.6 Å². The van der Waals surface area contributed by atoms with Gasteiger partial charge in [0.05, 0.1) is 19.8 Å². The lowest BCUT2D eigenvalue weighted by atomic mass is 10.2. The number of benzene rings is 3. The van der Waals surface area contributed by atoms with Crippen molar-refractivity contribution in [3.05, 3.63) is 77.3 Å². The molecule has 0 saturated carbocycles. The highest BCUT2D eigenvalue weighted by molar-refractivity contribution is 9.10. The van der Waals surface area contributed by atoms with Crippen molar-refractivity contribution in [2.24, 2.45) is 0 Å². The molecule has 0 bridgehead atoms. The fraction of sp³-hybridized carbons (Fsp3) is 0.0909. The van der Waals surface area contributed by atoms with Gasteiger partial charge in [-0.25, -0.2) is 0 Å². The number of methoxy groups -OCH3 is 2. The number of halogens is 2. The maximum absolute atomic E-state index is 5.51. The number of rotatable bonds is 6. The van der Waals surface area contributed by atoms with Gasteiger partial charge in [0.25, 0.3) is 5.13 Å². The molecule has 3 aromatic carbocycles. The minimum Gasteiger partial charge on any atom is -1.00 e. The van der Waals surface area contributed by atoms with Crippen molar-refractivity contribution in [2.75, 3.05) is 19.5 Å². The van der Waals surface area contributed by atoms with E-state index in [4.69, 9.17) is 14.6 Å². The van der Waals surface area contributed by atoms with Crippen molar-refractivity contribution >= 4 is 38.1 Å². The van der Waals surface area contributed by atoms with Gasteiger partial charge in [0.1, 0.15) is 0 Å². The molecule has 154 valence electrons. The van der Waals surface area contributed by atoms with Gasteiger partial charge in [0, 0.05) is 33.5 Å². The van der Waals surface area contributed by atoms with E-state index in [9.17, 15) is 0 Å². The molecule has 0 unspecified atom stereocenters. The quantitative estimate of drug-likeness (QED) is 0.410. The Labute approximate surface area is 193 Å². The second-order valence-electron chi connectivity index (χ2n) is 6.14. The Morgan fingerprint density at radius 3 is 2.13 bits per heavy atom. The number of nitrogens with one attached hydrogen (secondary N) is 1. The van der Waals surface area contributed by atoms with Crippen LogP contribution in [0.3, 0.4) is 0 Å². The van der Waals surface area contributed by atoms with Gasteiger partial charge in [-0.1, -0.05) is 36.4 Å². The van der Waals surface area contributed by atoms with Crippen molar-refractivity contribution in [3.8, 4) is 27.8 Å². The number of nitrogens with zero attached hydrogens (tertiary/aromatic N) is 2. The van der Waals surface area contributed by atoms with Crippen molar-refractivity contribution in [3.63, 3.8) is 0 Å². The van der Waals surface area contributed by atoms with Gasteiger partial charge in [-0.3, -0.25) is 0 Å². The first kappa shape index (κ1) is 22.1. The van der Waals surface area contributed by atoms with Crippen LogP contribution in [0.4, 0.5) is 10.8 Å². The van der Waals surface area contributed by atoms with Gasteiger partial charge in [-0.15, -0.1) is 0 Å². The minimum atomic E-state index is 0. The third kappa shape index (κ3) is 4.59. The number of aromatic nitrogens is 2. The van der Waals surface area contributed by atoms with E-state index < -0.39 is 0 Å². The van der Waals surface area contributed by atoms with Crippen LogP contribution in [0.1, 0.15) is 0 Å². The second-order valence-corrected chi connectivity index (χ2v) is 7.97. The van der Waals surface area contributed by atoms with E-state index >= 15 is 0 Å². The first-order chi connectivity index (χ1) is 14.2. The summed E-state index contributed by atoms with van der Waals surface area (Å²) >= 11 is 5.24. The Kier molecular flexibility index (Phi) is 7.31. The Balaban J connectivity index is 0.00000256. The first-order valence-corrected chi connectivity index (χ1v) is 10.5. The molecule has 0 amide bonds. The van der Waals surface area contributed by atoms with Crippen molar-refractivity contribution < 1.29 is 26.6 Å². The zero-order valence-corrected chi connectivity index (χ0v) is 19.5. The Bertz CT molecular complexity index is 1120. The summed E-state index contributed by atoms with van der Waals surface area (Å²) in [5.41, 5.74) is 2.92. The van der Waals surface area contributed by atoms with Crippen LogP contribution in [0.25, 0.3) is 16.3 Å². The number of ether oxygens (including phenoxy) is 2. The maximum atomic E-state index is 5.51. The average Bonchev–Trinajstić information content (AvgIpc) is 3.18. The largest absolute Gasteiger partial charge is 1.00 e. The molecule has 0 radical (unpaired) electrons. The molecule has 4 aromatic rings. The summed E-state index contributed by atoms with van der Waals surface area (Å²) in [6, 6.07) is 23.9. The molecular formula is C22H19BrClN3O2S. The van der Waals surface area contributed by atoms with E-state index in [1.165, 1.54) is 0 Å². The molecular weight excluding hydrogens is 486 g/mol. The van der Waals surface area contributed by atoms with Crippen LogP contribution < -0.4 is 31.9 Å². The number of para-hydroxylation sites is 2. The summed E-state index contributed by atoms with van der Waals surface area (Å²) in [4.78, 5) is 0. The molecule has 5 nitrogen and oxygen atoms in total. The van der Waals surface area contributed by atoms with Crippen LogP contribution in [0.5, 0.6) is 11.5 Å². The summed E-state index contributed by atoms with van der Waals surface area (Å²) in [5, 5.41) is 9.96. The van der Waals surface area contributed by atoms with Crippen LogP contribution in [0.2, 0.25) is 0 Å². The molecule has 8 heteroatoms. The van der Waals surface area contributed by atoms with E-state index in [-0.39, 0.29) is 12.4 Å². The van der Waals surface area contributed by atoms with Crippen LogP contribution in [-0.4, -0.2) is 19.3 Å². The Morgan fingerprint density at radius 2 is 1.50 bits per heavy atom. The molecule has 0 saturated heterocycles. The zero-order valence-electron chi connectivity index (χ0n) is 16.3. The van der Waals surface area contributed by atoms with Gasteiger partial charge >= 0.3 is 5.01 Å². The zero-order chi connectivity index (χ0) is 20.2. The van der Waals surface area contributed by atoms with Crippen LogP contribution >= 0.6 is 27.3 Å². The molecule has 0 aliphatic rings. The summed E-state index contributed by atoms with van der Waals surface area (Å²) in [6.07, 6.45) is 0. The highest BCUT2D eigenvalue weighted by atomic mass is 79.9. The molecule has 4 rings (SSSR count). The maximum Gasteiger partial charge on any atom is 0.306 e. The van der Waals surface area contributed by atoms with Gasteiger partial charge in [-0.05, 0) is 50.1 Å². The summed E-state index contributed by atoms with van der Waals surface area (Å²) in [5.74, 6) is 1.33. The van der Waals surface area contributed by atoms with E-state index in [0.29, 0.717) is 11.5 Å². The van der Waals surface area contributed by atoms with Crippen LogP contribution in [0.15, 0.2) is 77.3 Å². The molecule has 30 heavy (non-hydrogen) atoms. The molecule has 0 aliphatic heterocycles. The molecule has 0 aliphatic carbocycles. The predicted molar refractivity (Wildman–Crippen MR) is 120 cm³/mol. The fourth-order valence-corrected chi connectivity index (χ4v) is 4.55. The Hall–Kier alpha value is -2.61. The molecule has 0 fully saturated rings. The van der Waals surface area contributed by atoms with E-state index in [0.717, 1.165) is 31.6 Å². The predicted octanol–water partition coefficient (Wildman–Crippen LogP) is 2.61. The molecule has 1 aromatic heterocycles. The van der Waals surface area contributed by atoms with E-state index in [1.807, 2.05) is 77.5 Å². The lowest BCUT2D eigenvalue weighted by Gasteiger charge is -2.09. The summed E-state index contributed by atoms with van der Waals surface area (Å²) in [7, 11) is 3.26. The molecule has 1 heterocycles. The van der Waals surface area contributed by atoms with Gasteiger partial charge in [0.15, 0.2) is 11.5 Å². The minimum absolute atomic E-state index is 0. The van der Waals surface area contributed by atoms with Crippen molar-refractivity contribution in [1.82, 2.24) is 5.10 Å². The second kappa shape index (κ2) is 9.93. The SMILES string of the molecule is COc1cc(Br)c(-c2sc(Nc3ccccc3)n[n+]2-c2ccccc2)cc1OC.[Cl-]. The summed E-state index contributed by atoms with van der Waals surface area (Å²) < 4.78 is 13.8. The first-order valence-electron chi connectivity index (χ1n) is 8.92. The third-order valence-corrected chi connectivity index (χ3v) is 5.93. The molecule has 1 N–H and O–H groups in total. The monoisotopic (exact) mass is 503 g/mol. The van der Waals surface area contributed by atoms with E-state index in [2.05, 4.69) is 21.2 Å².